The summed E-state index contributed by atoms with van der Waals surface area (Å²) in [5, 5.41) is 11.8. The van der Waals surface area contributed by atoms with E-state index in [4.69, 9.17) is 15.0 Å². The van der Waals surface area contributed by atoms with Gasteiger partial charge in [-0.3, -0.25) is 0 Å². The fraction of sp³-hybridized carbons (Fsp3) is 0.538. The number of aromatic nitrogens is 4. The Morgan fingerprint density at radius 2 is 2.20 bits per heavy atom. The first-order valence-corrected chi connectivity index (χ1v) is 6.65. The molecule has 0 saturated heterocycles. The number of nitrogens with two attached hydrogens (primary N) is 1. The Balaban J connectivity index is 1.75. The van der Waals surface area contributed by atoms with E-state index < -0.39 is 0 Å². The number of methoxy groups -OCH3 is 1. The Hall–Kier alpha value is -2.02. The maximum atomic E-state index is 5.84. The fourth-order valence-corrected chi connectivity index (χ4v) is 2.43. The zero-order chi connectivity index (χ0) is 14.0. The lowest BCUT2D eigenvalue weighted by Gasteiger charge is -2.39. The zero-order valence-electron chi connectivity index (χ0n) is 11.4. The van der Waals surface area contributed by atoms with Crippen LogP contribution in [0.25, 0.3) is 11.5 Å². The average molecular weight is 275 g/mol. The summed E-state index contributed by atoms with van der Waals surface area (Å²) in [6.45, 7) is 0.660. The molecule has 0 aliphatic heterocycles. The van der Waals surface area contributed by atoms with E-state index >= 15 is 0 Å². The van der Waals surface area contributed by atoms with Gasteiger partial charge in [-0.2, -0.15) is 4.98 Å². The number of hydrogen-bond acceptors (Lipinski definition) is 7. The van der Waals surface area contributed by atoms with E-state index in [1.54, 1.807) is 19.2 Å². The van der Waals surface area contributed by atoms with Crippen molar-refractivity contribution in [2.75, 3.05) is 13.7 Å². The van der Waals surface area contributed by atoms with E-state index in [-0.39, 0.29) is 5.41 Å². The van der Waals surface area contributed by atoms with Crippen molar-refractivity contribution in [3.63, 3.8) is 0 Å². The standard InChI is InChI=1S/C13H17N5O2/c1-19-10-4-3-9(16-17-10)12-15-11(20-18-12)7-13(8-14)5-2-6-13/h3-4H,2,5-8,14H2,1H3. The van der Waals surface area contributed by atoms with Gasteiger partial charge in [0, 0.05) is 12.5 Å². The van der Waals surface area contributed by atoms with Gasteiger partial charge in [0.25, 0.3) is 0 Å². The largest absolute Gasteiger partial charge is 0.480 e. The SMILES string of the molecule is COc1ccc(-c2noc(CC3(CN)CCC3)n2)nn1. The Morgan fingerprint density at radius 1 is 1.35 bits per heavy atom. The summed E-state index contributed by atoms with van der Waals surface area (Å²) in [4.78, 5) is 4.37. The number of ether oxygens (including phenoxy) is 1. The monoisotopic (exact) mass is 275 g/mol. The molecule has 0 amide bonds. The Bertz CT molecular complexity index is 571. The maximum absolute atomic E-state index is 5.84. The van der Waals surface area contributed by atoms with E-state index in [1.807, 2.05) is 0 Å². The quantitative estimate of drug-likeness (QED) is 0.875. The first-order valence-electron chi connectivity index (χ1n) is 6.65. The van der Waals surface area contributed by atoms with E-state index in [0.29, 0.717) is 29.8 Å². The molecule has 0 aromatic carbocycles. The van der Waals surface area contributed by atoms with Gasteiger partial charge in [0.2, 0.25) is 17.6 Å². The highest BCUT2D eigenvalue weighted by atomic mass is 16.5. The van der Waals surface area contributed by atoms with Gasteiger partial charge in [-0.05, 0) is 30.9 Å². The molecular weight excluding hydrogens is 258 g/mol. The molecule has 7 heteroatoms. The van der Waals surface area contributed by atoms with Gasteiger partial charge in [0.1, 0.15) is 5.69 Å². The molecule has 0 radical (unpaired) electrons. The Kier molecular flexibility index (Phi) is 3.35. The van der Waals surface area contributed by atoms with Crippen LogP contribution >= 0.6 is 0 Å². The number of hydrogen-bond donors (Lipinski definition) is 1. The summed E-state index contributed by atoms with van der Waals surface area (Å²) >= 11 is 0. The topological polar surface area (TPSA) is 100.0 Å². The molecule has 1 fully saturated rings. The van der Waals surface area contributed by atoms with Crippen molar-refractivity contribution >= 4 is 0 Å². The molecule has 106 valence electrons. The van der Waals surface area contributed by atoms with Crippen LogP contribution in [0.5, 0.6) is 5.88 Å². The summed E-state index contributed by atoms with van der Waals surface area (Å²) in [7, 11) is 1.54. The highest BCUT2D eigenvalue weighted by molar-refractivity contribution is 5.47. The van der Waals surface area contributed by atoms with Crippen LogP contribution in [-0.2, 0) is 6.42 Å². The van der Waals surface area contributed by atoms with Gasteiger partial charge in [-0.25, -0.2) is 0 Å². The van der Waals surface area contributed by atoms with Crippen LogP contribution in [0.3, 0.4) is 0 Å². The third-order valence-corrected chi connectivity index (χ3v) is 3.92. The van der Waals surface area contributed by atoms with E-state index in [1.165, 1.54) is 6.42 Å². The highest BCUT2D eigenvalue weighted by Crippen LogP contribution is 2.42. The van der Waals surface area contributed by atoms with Crippen LogP contribution in [-0.4, -0.2) is 34.0 Å². The summed E-state index contributed by atoms with van der Waals surface area (Å²) in [6.07, 6.45) is 4.22. The predicted molar refractivity (Wildman–Crippen MR) is 70.9 cm³/mol. The second-order valence-electron chi connectivity index (χ2n) is 5.21. The third-order valence-electron chi connectivity index (χ3n) is 3.92. The van der Waals surface area contributed by atoms with Crippen LogP contribution in [0.4, 0.5) is 0 Å². The van der Waals surface area contributed by atoms with Gasteiger partial charge in [0.15, 0.2) is 0 Å². The molecule has 2 heterocycles. The van der Waals surface area contributed by atoms with Crippen LogP contribution in [0.2, 0.25) is 0 Å². The molecule has 2 N–H and O–H groups in total. The first kappa shape index (κ1) is 13.0. The zero-order valence-corrected chi connectivity index (χ0v) is 11.4. The third kappa shape index (κ3) is 2.36. The van der Waals surface area contributed by atoms with Crippen molar-refractivity contribution in [2.45, 2.75) is 25.7 Å². The van der Waals surface area contributed by atoms with E-state index in [9.17, 15) is 0 Å². The molecule has 2 aromatic heterocycles. The van der Waals surface area contributed by atoms with Crippen molar-refractivity contribution in [1.82, 2.24) is 20.3 Å². The molecule has 20 heavy (non-hydrogen) atoms. The predicted octanol–water partition coefficient (Wildman–Crippen LogP) is 1.21. The average Bonchev–Trinajstić information content (AvgIpc) is 2.91. The molecule has 0 bridgehead atoms. The fourth-order valence-electron chi connectivity index (χ4n) is 2.43. The second-order valence-corrected chi connectivity index (χ2v) is 5.21. The van der Waals surface area contributed by atoms with Gasteiger partial charge in [-0.1, -0.05) is 11.6 Å². The van der Waals surface area contributed by atoms with Crippen molar-refractivity contribution in [3.8, 4) is 17.4 Å². The summed E-state index contributed by atoms with van der Waals surface area (Å²) in [5.74, 6) is 1.51. The minimum atomic E-state index is 0.148. The van der Waals surface area contributed by atoms with Crippen molar-refractivity contribution in [3.05, 3.63) is 18.0 Å². The van der Waals surface area contributed by atoms with Crippen LogP contribution in [0, 0.1) is 5.41 Å². The summed E-state index contributed by atoms with van der Waals surface area (Å²) in [6, 6.07) is 3.47. The molecule has 0 unspecified atom stereocenters. The van der Waals surface area contributed by atoms with Crippen LogP contribution in [0.15, 0.2) is 16.7 Å². The van der Waals surface area contributed by atoms with Crippen molar-refractivity contribution < 1.29 is 9.26 Å². The molecule has 0 atom stereocenters. The lowest BCUT2D eigenvalue weighted by atomic mass is 9.67. The highest BCUT2D eigenvalue weighted by Gasteiger charge is 2.37. The molecule has 7 nitrogen and oxygen atoms in total. The maximum Gasteiger partial charge on any atom is 0.233 e. The lowest BCUT2D eigenvalue weighted by Crippen LogP contribution is -2.39. The molecule has 3 rings (SSSR count). The van der Waals surface area contributed by atoms with Gasteiger partial charge in [-0.15, -0.1) is 10.2 Å². The molecule has 1 aliphatic carbocycles. The summed E-state index contributed by atoms with van der Waals surface area (Å²) < 4.78 is 10.3. The number of nitrogens with zero attached hydrogens (tertiary/aromatic N) is 4. The van der Waals surface area contributed by atoms with E-state index in [0.717, 1.165) is 19.3 Å². The Morgan fingerprint density at radius 3 is 2.75 bits per heavy atom. The van der Waals surface area contributed by atoms with Crippen molar-refractivity contribution in [1.29, 1.82) is 0 Å². The Labute approximate surface area is 116 Å². The van der Waals surface area contributed by atoms with Gasteiger partial charge < -0.3 is 15.0 Å². The van der Waals surface area contributed by atoms with Gasteiger partial charge in [0.05, 0.1) is 7.11 Å². The smallest absolute Gasteiger partial charge is 0.233 e. The lowest BCUT2D eigenvalue weighted by molar-refractivity contribution is 0.129. The molecule has 1 saturated carbocycles. The molecular formula is C13H17N5O2. The van der Waals surface area contributed by atoms with E-state index in [2.05, 4.69) is 20.3 Å². The van der Waals surface area contributed by atoms with Gasteiger partial charge >= 0.3 is 0 Å². The second kappa shape index (κ2) is 5.16. The van der Waals surface area contributed by atoms with Crippen LogP contribution in [0.1, 0.15) is 25.2 Å². The molecule has 0 spiro atoms. The normalized spacial score (nSPS) is 16.7. The number of rotatable bonds is 5. The summed E-state index contributed by atoms with van der Waals surface area (Å²) in [5.41, 5.74) is 6.55. The first-order chi connectivity index (χ1) is 9.74. The van der Waals surface area contributed by atoms with Crippen molar-refractivity contribution in [2.24, 2.45) is 11.1 Å². The van der Waals surface area contributed by atoms with Crippen LogP contribution < -0.4 is 10.5 Å². The minimum absolute atomic E-state index is 0.148. The minimum Gasteiger partial charge on any atom is -0.480 e. The molecule has 2 aromatic rings. The molecule has 1 aliphatic rings.